The van der Waals surface area contributed by atoms with Crippen LogP contribution in [0.3, 0.4) is 0 Å². The lowest BCUT2D eigenvalue weighted by molar-refractivity contribution is 1.16. The first-order valence-corrected chi connectivity index (χ1v) is 4.47. The molecule has 3 nitrogen and oxygen atoms in total. The number of nitrogen functional groups attached to an aromatic ring is 1. The predicted octanol–water partition coefficient (Wildman–Crippen LogP) is 1.97. The highest BCUT2D eigenvalue weighted by atomic mass is 35.5. The minimum absolute atomic E-state index is 0. The van der Waals surface area contributed by atoms with E-state index in [2.05, 4.69) is 5.32 Å². The van der Waals surface area contributed by atoms with E-state index < -0.39 is 0 Å². The minimum Gasteiger partial charge on any atom is -0.384 e. The van der Waals surface area contributed by atoms with E-state index in [0.717, 1.165) is 11.3 Å². The van der Waals surface area contributed by atoms with Crippen molar-refractivity contribution in [3.05, 3.63) is 29.8 Å². The van der Waals surface area contributed by atoms with Crippen LogP contribution in [0.15, 0.2) is 24.3 Å². The monoisotopic (exact) mass is 211 g/mol. The maximum Gasteiger partial charge on any atom is 0.122 e. The molecule has 0 aromatic heterocycles. The molecule has 0 saturated heterocycles. The van der Waals surface area contributed by atoms with Crippen LogP contribution in [0.5, 0.6) is 0 Å². The molecule has 4 N–H and O–H groups in total. The van der Waals surface area contributed by atoms with Crippen molar-refractivity contribution in [3.8, 4) is 0 Å². The van der Waals surface area contributed by atoms with Crippen LogP contribution in [0.4, 0.5) is 5.69 Å². The number of amidine groups is 1. The van der Waals surface area contributed by atoms with Crippen molar-refractivity contribution in [2.24, 2.45) is 5.73 Å². The highest BCUT2D eigenvalue weighted by Gasteiger charge is 2.20. The molecule has 0 heterocycles. The van der Waals surface area contributed by atoms with E-state index in [4.69, 9.17) is 11.1 Å². The molecule has 76 valence electrons. The maximum atomic E-state index is 7.22. The smallest absolute Gasteiger partial charge is 0.122 e. The predicted molar refractivity (Wildman–Crippen MR) is 61.4 cm³/mol. The lowest BCUT2D eigenvalue weighted by Gasteiger charge is -2.04. The Labute approximate surface area is 89.6 Å². The van der Waals surface area contributed by atoms with Crippen LogP contribution in [0.1, 0.15) is 18.4 Å². The van der Waals surface area contributed by atoms with Crippen LogP contribution < -0.4 is 11.1 Å². The summed E-state index contributed by atoms with van der Waals surface area (Å²) in [6.07, 6.45) is 2.54. The molecule has 14 heavy (non-hydrogen) atoms. The van der Waals surface area contributed by atoms with E-state index in [1.165, 1.54) is 12.8 Å². The summed E-state index contributed by atoms with van der Waals surface area (Å²) in [4.78, 5) is 0. The molecular formula is C10H14ClN3. The fourth-order valence-electron chi connectivity index (χ4n) is 1.21. The average Bonchev–Trinajstić information content (AvgIpc) is 2.89. The summed E-state index contributed by atoms with van der Waals surface area (Å²) in [5.74, 6) is 0.123. The molecule has 1 aromatic rings. The van der Waals surface area contributed by atoms with Crippen molar-refractivity contribution in [3.63, 3.8) is 0 Å². The van der Waals surface area contributed by atoms with Gasteiger partial charge in [0, 0.05) is 17.3 Å². The van der Waals surface area contributed by atoms with Gasteiger partial charge in [-0.15, -0.1) is 12.4 Å². The number of benzene rings is 1. The van der Waals surface area contributed by atoms with Gasteiger partial charge in [0.05, 0.1) is 0 Å². The highest BCUT2D eigenvalue weighted by molar-refractivity contribution is 5.95. The second-order valence-corrected chi connectivity index (χ2v) is 3.41. The lowest BCUT2D eigenvalue weighted by Crippen LogP contribution is -2.10. The molecular weight excluding hydrogens is 198 g/mol. The molecule has 1 aliphatic rings. The SMILES string of the molecule is Cl.N=C(N)c1ccc(NC2CC2)cc1. The number of hydrogen-bond donors (Lipinski definition) is 3. The summed E-state index contributed by atoms with van der Waals surface area (Å²) in [5.41, 5.74) is 7.24. The second-order valence-electron chi connectivity index (χ2n) is 3.41. The molecule has 0 amide bonds. The van der Waals surface area contributed by atoms with E-state index in [1.807, 2.05) is 24.3 Å². The van der Waals surface area contributed by atoms with Crippen LogP contribution in [0, 0.1) is 5.41 Å². The zero-order chi connectivity index (χ0) is 9.26. The van der Waals surface area contributed by atoms with E-state index in [1.54, 1.807) is 0 Å². The highest BCUT2D eigenvalue weighted by Crippen LogP contribution is 2.24. The van der Waals surface area contributed by atoms with E-state index >= 15 is 0 Å². The third-order valence-corrected chi connectivity index (χ3v) is 2.14. The minimum atomic E-state index is 0. The normalized spacial score (nSPS) is 14.3. The Morgan fingerprint density at radius 2 is 1.86 bits per heavy atom. The zero-order valence-corrected chi connectivity index (χ0v) is 8.60. The van der Waals surface area contributed by atoms with Crippen molar-refractivity contribution < 1.29 is 0 Å². The summed E-state index contributed by atoms with van der Waals surface area (Å²) in [7, 11) is 0. The van der Waals surface area contributed by atoms with E-state index in [-0.39, 0.29) is 18.2 Å². The van der Waals surface area contributed by atoms with Gasteiger partial charge >= 0.3 is 0 Å². The van der Waals surface area contributed by atoms with Gasteiger partial charge in [-0.25, -0.2) is 0 Å². The van der Waals surface area contributed by atoms with E-state index in [0.29, 0.717) is 6.04 Å². The van der Waals surface area contributed by atoms with Crippen molar-refractivity contribution in [1.82, 2.24) is 0 Å². The van der Waals surface area contributed by atoms with Crippen LogP contribution in [0.2, 0.25) is 0 Å². The number of anilines is 1. The fraction of sp³-hybridized carbons (Fsp3) is 0.300. The average molecular weight is 212 g/mol. The Balaban J connectivity index is 0.000000980. The Morgan fingerprint density at radius 1 is 1.29 bits per heavy atom. The maximum absolute atomic E-state index is 7.22. The third-order valence-electron chi connectivity index (χ3n) is 2.14. The first-order valence-electron chi connectivity index (χ1n) is 4.47. The van der Waals surface area contributed by atoms with Crippen LogP contribution >= 0.6 is 12.4 Å². The third kappa shape index (κ3) is 2.64. The summed E-state index contributed by atoms with van der Waals surface area (Å²) in [5, 5.41) is 10.6. The molecule has 1 fully saturated rings. The van der Waals surface area contributed by atoms with Gasteiger partial charge in [-0.05, 0) is 37.1 Å². The van der Waals surface area contributed by atoms with Crippen molar-refractivity contribution in [2.45, 2.75) is 18.9 Å². The van der Waals surface area contributed by atoms with E-state index in [9.17, 15) is 0 Å². The Morgan fingerprint density at radius 3 is 2.29 bits per heavy atom. The summed E-state index contributed by atoms with van der Waals surface area (Å²) >= 11 is 0. The van der Waals surface area contributed by atoms with Crippen LogP contribution in [0.25, 0.3) is 0 Å². The van der Waals surface area contributed by atoms with Crippen LogP contribution in [-0.2, 0) is 0 Å². The van der Waals surface area contributed by atoms with Gasteiger partial charge in [-0.2, -0.15) is 0 Å². The molecule has 4 heteroatoms. The first-order chi connectivity index (χ1) is 6.25. The molecule has 0 unspecified atom stereocenters. The molecule has 1 aliphatic carbocycles. The molecule has 1 aromatic carbocycles. The molecule has 0 bridgehead atoms. The van der Waals surface area contributed by atoms with Crippen molar-refractivity contribution in [2.75, 3.05) is 5.32 Å². The Hall–Kier alpha value is -1.22. The van der Waals surface area contributed by atoms with Gasteiger partial charge in [0.1, 0.15) is 5.84 Å². The Kier molecular flexibility index (Phi) is 3.36. The zero-order valence-electron chi connectivity index (χ0n) is 7.79. The van der Waals surface area contributed by atoms with Crippen molar-refractivity contribution in [1.29, 1.82) is 5.41 Å². The largest absolute Gasteiger partial charge is 0.384 e. The van der Waals surface area contributed by atoms with Gasteiger partial charge in [-0.3, -0.25) is 5.41 Å². The number of nitrogens with two attached hydrogens (primary N) is 1. The van der Waals surface area contributed by atoms with Gasteiger partial charge in [-0.1, -0.05) is 0 Å². The van der Waals surface area contributed by atoms with Gasteiger partial charge < -0.3 is 11.1 Å². The number of halogens is 1. The lowest BCUT2D eigenvalue weighted by atomic mass is 10.2. The van der Waals surface area contributed by atoms with Crippen LogP contribution in [-0.4, -0.2) is 11.9 Å². The number of rotatable bonds is 3. The molecule has 0 spiro atoms. The summed E-state index contributed by atoms with van der Waals surface area (Å²) < 4.78 is 0. The Bertz CT molecular complexity index is 317. The molecule has 2 rings (SSSR count). The fourth-order valence-corrected chi connectivity index (χ4v) is 1.21. The van der Waals surface area contributed by atoms with Gasteiger partial charge in [0.2, 0.25) is 0 Å². The second kappa shape index (κ2) is 4.33. The number of nitrogens with one attached hydrogen (secondary N) is 2. The van der Waals surface area contributed by atoms with Crippen molar-refractivity contribution >= 4 is 23.9 Å². The van der Waals surface area contributed by atoms with Gasteiger partial charge in [0.25, 0.3) is 0 Å². The molecule has 1 saturated carbocycles. The number of hydrogen-bond acceptors (Lipinski definition) is 2. The summed E-state index contributed by atoms with van der Waals surface area (Å²) in [6.45, 7) is 0. The molecule has 0 radical (unpaired) electrons. The van der Waals surface area contributed by atoms with Gasteiger partial charge in [0.15, 0.2) is 0 Å². The topological polar surface area (TPSA) is 61.9 Å². The molecule has 0 aliphatic heterocycles. The standard InChI is InChI=1S/C10H13N3.ClH/c11-10(12)7-1-3-8(4-2-7)13-9-5-6-9;/h1-4,9,13H,5-6H2,(H3,11,12);1H. The molecule has 0 atom stereocenters. The quantitative estimate of drug-likeness (QED) is 0.529. The first kappa shape index (κ1) is 10.9. The summed E-state index contributed by atoms with van der Waals surface area (Å²) in [6, 6.07) is 8.34.